The van der Waals surface area contributed by atoms with E-state index in [9.17, 15) is 8.42 Å². The largest absolute Gasteiger partial charge is 0.381 e. The summed E-state index contributed by atoms with van der Waals surface area (Å²) in [5, 5.41) is 3.16. The lowest BCUT2D eigenvalue weighted by Crippen LogP contribution is -2.39. The van der Waals surface area contributed by atoms with Crippen LogP contribution in [0.15, 0.2) is 0 Å². The zero-order chi connectivity index (χ0) is 11.4. The van der Waals surface area contributed by atoms with Gasteiger partial charge in [0.25, 0.3) is 0 Å². The number of ether oxygens (including phenoxy) is 1. The Morgan fingerprint density at radius 3 is 2.40 bits per heavy atom. The van der Waals surface area contributed by atoms with Crippen molar-refractivity contribution in [2.75, 3.05) is 38.8 Å². The van der Waals surface area contributed by atoms with E-state index in [0.29, 0.717) is 0 Å². The van der Waals surface area contributed by atoms with Gasteiger partial charge in [-0.1, -0.05) is 0 Å². The summed E-state index contributed by atoms with van der Waals surface area (Å²) >= 11 is 0. The molecule has 0 radical (unpaired) electrons. The average Bonchev–Trinajstić information content (AvgIpc) is 2.16. The van der Waals surface area contributed by atoms with Crippen LogP contribution in [0.2, 0.25) is 0 Å². The topological polar surface area (TPSA) is 55.4 Å². The van der Waals surface area contributed by atoms with E-state index < -0.39 is 9.84 Å². The highest BCUT2D eigenvalue weighted by molar-refractivity contribution is 7.90. The van der Waals surface area contributed by atoms with Crippen LogP contribution in [0.3, 0.4) is 0 Å². The van der Waals surface area contributed by atoms with Crippen molar-refractivity contribution in [1.29, 1.82) is 0 Å². The fourth-order valence-corrected chi connectivity index (χ4v) is 2.90. The highest BCUT2D eigenvalue weighted by atomic mass is 32.2. The maximum Gasteiger partial charge on any atom is 0.147 e. The van der Waals surface area contributed by atoms with Crippen molar-refractivity contribution < 1.29 is 13.2 Å². The molecule has 1 N–H and O–H groups in total. The van der Waals surface area contributed by atoms with Gasteiger partial charge in [-0.2, -0.15) is 0 Å². The predicted octanol–water partition coefficient (Wildman–Crippen LogP) is 0.437. The van der Waals surface area contributed by atoms with Crippen molar-refractivity contribution in [2.45, 2.75) is 19.3 Å². The lowest BCUT2D eigenvalue weighted by Gasteiger charge is -2.37. The highest BCUT2D eigenvalue weighted by Crippen LogP contribution is 2.33. The van der Waals surface area contributed by atoms with Crippen LogP contribution in [-0.4, -0.2) is 47.2 Å². The van der Waals surface area contributed by atoms with Crippen LogP contribution in [0.4, 0.5) is 0 Å². The molecule has 1 fully saturated rings. The molecule has 1 aliphatic heterocycles. The molecule has 5 heteroatoms. The maximum absolute atomic E-state index is 11.2. The fourth-order valence-electron chi connectivity index (χ4n) is 2.10. The molecule has 0 aliphatic carbocycles. The van der Waals surface area contributed by atoms with Crippen LogP contribution in [-0.2, 0) is 14.6 Å². The molecular weight excluding hydrogens is 214 g/mol. The average molecular weight is 235 g/mol. The molecule has 0 bridgehead atoms. The first-order valence-corrected chi connectivity index (χ1v) is 7.44. The molecule has 0 saturated carbocycles. The molecule has 0 atom stereocenters. The Hall–Kier alpha value is -0.130. The highest BCUT2D eigenvalue weighted by Gasteiger charge is 2.32. The van der Waals surface area contributed by atoms with E-state index in [1.807, 2.05) is 7.05 Å². The summed E-state index contributed by atoms with van der Waals surface area (Å²) in [5.41, 5.74) is 0.121. The van der Waals surface area contributed by atoms with Gasteiger partial charge in [-0.25, -0.2) is 8.42 Å². The Morgan fingerprint density at radius 2 is 1.93 bits per heavy atom. The standard InChI is InChI=1S/C10H21NO3S/c1-11-9-10(3-6-14-7-4-10)5-8-15(2,12)13/h11H,3-9H2,1-2H3. The summed E-state index contributed by atoms with van der Waals surface area (Å²) in [6, 6.07) is 0. The quantitative estimate of drug-likeness (QED) is 0.751. The summed E-state index contributed by atoms with van der Waals surface area (Å²) in [4.78, 5) is 0. The molecule has 1 saturated heterocycles. The Labute approximate surface area is 92.3 Å². The second-order valence-electron chi connectivity index (χ2n) is 4.52. The van der Waals surface area contributed by atoms with Gasteiger partial charge in [0.2, 0.25) is 0 Å². The number of nitrogens with one attached hydrogen (secondary N) is 1. The van der Waals surface area contributed by atoms with Crippen molar-refractivity contribution in [3.63, 3.8) is 0 Å². The fraction of sp³-hybridized carbons (Fsp3) is 1.00. The third-order valence-corrected chi connectivity index (χ3v) is 4.05. The van der Waals surface area contributed by atoms with Gasteiger partial charge in [-0.3, -0.25) is 0 Å². The lowest BCUT2D eigenvalue weighted by atomic mass is 9.78. The molecule has 1 aliphatic rings. The molecule has 0 aromatic rings. The zero-order valence-corrected chi connectivity index (χ0v) is 10.4. The molecule has 4 nitrogen and oxygen atoms in total. The monoisotopic (exact) mass is 235 g/mol. The van der Waals surface area contributed by atoms with Crippen molar-refractivity contribution in [1.82, 2.24) is 5.32 Å². The first kappa shape index (κ1) is 12.9. The smallest absolute Gasteiger partial charge is 0.147 e. The molecule has 90 valence electrons. The number of rotatable bonds is 5. The van der Waals surface area contributed by atoms with Crippen LogP contribution in [0.1, 0.15) is 19.3 Å². The Bertz CT molecular complexity index is 276. The summed E-state index contributed by atoms with van der Waals surface area (Å²) in [7, 11) is -0.934. The zero-order valence-electron chi connectivity index (χ0n) is 9.58. The second kappa shape index (κ2) is 5.27. The van der Waals surface area contributed by atoms with Gasteiger partial charge in [-0.05, 0) is 31.7 Å². The minimum Gasteiger partial charge on any atom is -0.381 e. The van der Waals surface area contributed by atoms with E-state index in [4.69, 9.17) is 4.74 Å². The van der Waals surface area contributed by atoms with Gasteiger partial charge in [0.15, 0.2) is 0 Å². The molecule has 0 amide bonds. The lowest BCUT2D eigenvalue weighted by molar-refractivity contribution is 0.0141. The van der Waals surface area contributed by atoms with Crippen LogP contribution in [0.5, 0.6) is 0 Å². The minimum absolute atomic E-state index is 0.121. The van der Waals surface area contributed by atoms with Crippen LogP contribution in [0.25, 0.3) is 0 Å². The van der Waals surface area contributed by atoms with Gasteiger partial charge in [0, 0.05) is 26.0 Å². The van der Waals surface area contributed by atoms with Gasteiger partial charge < -0.3 is 10.1 Å². The van der Waals surface area contributed by atoms with Crippen molar-refractivity contribution in [3.05, 3.63) is 0 Å². The molecule has 1 heterocycles. The van der Waals surface area contributed by atoms with E-state index in [1.54, 1.807) is 0 Å². The van der Waals surface area contributed by atoms with E-state index in [1.165, 1.54) is 6.26 Å². The van der Waals surface area contributed by atoms with Crippen molar-refractivity contribution in [2.24, 2.45) is 5.41 Å². The van der Waals surface area contributed by atoms with Gasteiger partial charge in [-0.15, -0.1) is 0 Å². The molecule has 15 heavy (non-hydrogen) atoms. The molecule has 1 rings (SSSR count). The summed E-state index contributed by atoms with van der Waals surface area (Å²) in [6.07, 6.45) is 3.97. The summed E-state index contributed by atoms with van der Waals surface area (Å²) in [6.45, 7) is 2.39. The number of hydrogen-bond donors (Lipinski definition) is 1. The second-order valence-corrected chi connectivity index (χ2v) is 6.78. The molecular formula is C10H21NO3S. The number of sulfone groups is 1. The van der Waals surface area contributed by atoms with E-state index in [0.717, 1.165) is 39.0 Å². The summed E-state index contributed by atoms with van der Waals surface area (Å²) < 4.78 is 27.7. The molecule has 0 unspecified atom stereocenters. The van der Waals surface area contributed by atoms with Crippen LogP contribution < -0.4 is 5.32 Å². The van der Waals surface area contributed by atoms with Gasteiger partial charge in [0.1, 0.15) is 9.84 Å². The molecule has 0 aromatic carbocycles. The Kier molecular flexibility index (Phi) is 4.55. The van der Waals surface area contributed by atoms with Crippen molar-refractivity contribution in [3.8, 4) is 0 Å². The van der Waals surface area contributed by atoms with E-state index in [-0.39, 0.29) is 11.2 Å². The Balaban J connectivity index is 2.56. The summed E-state index contributed by atoms with van der Waals surface area (Å²) in [5.74, 6) is 0.286. The third kappa shape index (κ3) is 4.49. The third-order valence-electron chi connectivity index (χ3n) is 3.11. The van der Waals surface area contributed by atoms with Crippen molar-refractivity contribution >= 4 is 9.84 Å². The minimum atomic E-state index is -2.85. The Morgan fingerprint density at radius 1 is 1.33 bits per heavy atom. The van der Waals surface area contributed by atoms with Crippen LogP contribution in [0, 0.1) is 5.41 Å². The van der Waals surface area contributed by atoms with Gasteiger partial charge >= 0.3 is 0 Å². The molecule has 0 aromatic heterocycles. The first-order chi connectivity index (χ1) is 6.97. The van der Waals surface area contributed by atoms with Crippen LogP contribution >= 0.6 is 0 Å². The van der Waals surface area contributed by atoms with Gasteiger partial charge in [0.05, 0.1) is 5.75 Å². The maximum atomic E-state index is 11.2. The normalized spacial score (nSPS) is 21.5. The number of hydrogen-bond acceptors (Lipinski definition) is 4. The molecule has 0 spiro atoms. The predicted molar refractivity (Wildman–Crippen MR) is 60.7 cm³/mol. The SMILES string of the molecule is CNCC1(CCS(C)(=O)=O)CCOCC1. The van der Waals surface area contributed by atoms with E-state index >= 15 is 0 Å². The van der Waals surface area contributed by atoms with E-state index in [2.05, 4.69) is 5.32 Å². The first-order valence-electron chi connectivity index (χ1n) is 5.38.